The van der Waals surface area contributed by atoms with Crippen molar-refractivity contribution in [3.05, 3.63) is 83.9 Å². The van der Waals surface area contributed by atoms with Crippen molar-refractivity contribution in [2.75, 3.05) is 0 Å². The summed E-state index contributed by atoms with van der Waals surface area (Å²) in [5.74, 6) is -2.15. The fourth-order valence-electron chi connectivity index (χ4n) is 2.51. The summed E-state index contributed by atoms with van der Waals surface area (Å²) in [4.78, 5) is 11.7. The molecule has 0 aliphatic heterocycles. The molecule has 3 aromatic carbocycles. The second-order valence-corrected chi connectivity index (χ2v) is 5.03. The third-order valence-corrected chi connectivity index (χ3v) is 3.58. The molecule has 0 aliphatic carbocycles. The van der Waals surface area contributed by atoms with Crippen LogP contribution in [0.15, 0.2) is 66.7 Å². The number of hydrogen-bond acceptors (Lipinski definition) is 2. The average Bonchev–Trinajstić information content (AvgIpc) is 2.55. The first kappa shape index (κ1) is 18.3. The van der Waals surface area contributed by atoms with Crippen LogP contribution in [0.5, 0.6) is 0 Å². The molecule has 0 aromatic heterocycles. The zero-order valence-electron chi connectivity index (χ0n) is 12.9. The summed E-state index contributed by atoms with van der Waals surface area (Å²) in [5, 5.41) is 11.7. The Labute approximate surface area is 160 Å². The van der Waals surface area contributed by atoms with E-state index in [4.69, 9.17) is 0 Å². The second kappa shape index (κ2) is 7.71. The summed E-state index contributed by atoms with van der Waals surface area (Å²) in [6.45, 7) is 0. The summed E-state index contributed by atoms with van der Waals surface area (Å²) >= 11 is 0. The minimum atomic E-state index is -1.34. The first-order valence-electron chi connectivity index (χ1n) is 6.92. The van der Waals surface area contributed by atoms with Gasteiger partial charge in [0.05, 0.1) is 5.97 Å². The summed E-state index contributed by atoms with van der Waals surface area (Å²) in [5.41, 5.74) is 1.97. The van der Waals surface area contributed by atoms with Crippen molar-refractivity contribution in [3.8, 4) is 22.3 Å². The number of carbonyl (C=O) groups excluding carboxylic acids is 1. The molecule has 0 amide bonds. The normalized spacial score (nSPS) is 10.1. The first-order valence-corrected chi connectivity index (χ1v) is 6.92. The largest absolute Gasteiger partial charge is 1.00 e. The zero-order chi connectivity index (χ0) is 16.4. The molecule has 0 fully saturated rings. The number of halogens is 2. The van der Waals surface area contributed by atoms with Crippen LogP contribution < -0.4 is 34.7 Å². The number of hydrogen-bond donors (Lipinski definition) is 0. The smallest absolute Gasteiger partial charge is 0.545 e. The molecule has 114 valence electrons. The van der Waals surface area contributed by atoms with Gasteiger partial charge in [-0.15, -0.1) is 0 Å². The third-order valence-electron chi connectivity index (χ3n) is 3.58. The molecule has 0 saturated heterocycles. The quantitative estimate of drug-likeness (QED) is 0.662. The standard InChI is InChI=1S/C19H12F2O2.Na/c20-14-8-4-12(5-9-14)16-2-1-3-17(18(16)19(22)23)13-6-10-15(21)11-7-13;/h1-11H,(H,22,23);/q;+1/p-1. The Hall–Kier alpha value is -2.01. The molecule has 0 saturated carbocycles. The second-order valence-electron chi connectivity index (χ2n) is 5.03. The van der Waals surface area contributed by atoms with Crippen molar-refractivity contribution < 1.29 is 48.2 Å². The van der Waals surface area contributed by atoms with Crippen LogP contribution in [-0.2, 0) is 0 Å². The molecule has 0 aliphatic rings. The van der Waals surface area contributed by atoms with E-state index in [1.807, 2.05) is 0 Å². The summed E-state index contributed by atoms with van der Waals surface area (Å²) in [6, 6.07) is 16.0. The van der Waals surface area contributed by atoms with Gasteiger partial charge in [0.15, 0.2) is 0 Å². The maximum absolute atomic E-state index is 13.1. The van der Waals surface area contributed by atoms with Crippen molar-refractivity contribution in [1.82, 2.24) is 0 Å². The van der Waals surface area contributed by atoms with Crippen LogP contribution in [0.25, 0.3) is 22.3 Å². The Kier molecular flexibility index (Phi) is 5.89. The van der Waals surface area contributed by atoms with Crippen LogP contribution in [0.2, 0.25) is 0 Å². The molecule has 0 atom stereocenters. The fraction of sp³-hybridized carbons (Fsp3) is 0. The molecular weight excluding hydrogens is 321 g/mol. The van der Waals surface area contributed by atoms with E-state index in [-0.39, 0.29) is 35.1 Å². The number of carboxylic acid groups (broad SMARTS) is 1. The molecule has 0 radical (unpaired) electrons. The van der Waals surface area contributed by atoms with E-state index in [1.54, 1.807) is 18.2 Å². The Morgan fingerprint density at radius 2 is 1.08 bits per heavy atom. The van der Waals surface area contributed by atoms with Crippen LogP contribution in [0.4, 0.5) is 8.78 Å². The molecule has 0 bridgehead atoms. The fourth-order valence-corrected chi connectivity index (χ4v) is 2.51. The summed E-state index contributed by atoms with van der Waals surface area (Å²) < 4.78 is 26.2. The van der Waals surface area contributed by atoms with Crippen molar-refractivity contribution >= 4 is 5.97 Å². The van der Waals surface area contributed by atoms with Gasteiger partial charge in [0.1, 0.15) is 11.6 Å². The van der Waals surface area contributed by atoms with E-state index >= 15 is 0 Å². The number of aromatic carboxylic acids is 1. The Bertz CT molecular complexity index is 796. The van der Waals surface area contributed by atoms with Crippen LogP contribution in [0, 0.1) is 11.6 Å². The first-order chi connectivity index (χ1) is 11.1. The third kappa shape index (κ3) is 3.73. The molecule has 5 heteroatoms. The van der Waals surface area contributed by atoms with Crippen molar-refractivity contribution in [3.63, 3.8) is 0 Å². The van der Waals surface area contributed by atoms with Gasteiger partial charge in [-0.3, -0.25) is 0 Å². The molecule has 3 aromatic rings. The van der Waals surface area contributed by atoms with Gasteiger partial charge in [-0.2, -0.15) is 0 Å². The molecule has 2 nitrogen and oxygen atoms in total. The minimum Gasteiger partial charge on any atom is -0.545 e. The number of carboxylic acids is 1. The van der Waals surface area contributed by atoms with Gasteiger partial charge in [0, 0.05) is 5.56 Å². The summed E-state index contributed by atoms with van der Waals surface area (Å²) in [7, 11) is 0. The number of carbonyl (C=O) groups is 1. The van der Waals surface area contributed by atoms with Gasteiger partial charge >= 0.3 is 29.6 Å². The molecule has 3 rings (SSSR count). The van der Waals surface area contributed by atoms with Gasteiger partial charge in [-0.1, -0.05) is 42.5 Å². The topological polar surface area (TPSA) is 40.1 Å². The van der Waals surface area contributed by atoms with E-state index in [1.165, 1.54) is 48.5 Å². The Morgan fingerprint density at radius 3 is 1.42 bits per heavy atom. The average molecular weight is 332 g/mol. The molecule has 0 unspecified atom stereocenters. The molecule has 0 heterocycles. The van der Waals surface area contributed by atoms with Gasteiger partial charge < -0.3 is 9.90 Å². The Balaban J connectivity index is 0.00000208. The molecule has 24 heavy (non-hydrogen) atoms. The van der Waals surface area contributed by atoms with Crippen molar-refractivity contribution in [2.24, 2.45) is 0 Å². The maximum atomic E-state index is 13.1. The zero-order valence-corrected chi connectivity index (χ0v) is 14.9. The van der Waals surface area contributed by atoms with Gasteiger partial charge in [-0.05, 0) is 46.5 Å². The van der Waals surface area contributed by atoms with Crippen molar-refractivity contribution in [1.29, 1.82) is 0 Å². The SMILES string of the molecule is O=C([O-])c1c(-c2ccc(F)cc2)cccc1-c1ccc(F)cc1.[Na+]. The van der Waals surface area contributed by atoms with Crippen LogP contribution >= 0.6 is 0 Å². The molecule has 0 spiro atoms. The van der Waals surface area contributed by atoms with E-state index < -0.39 is 17.6 Å². The van der Waals surface area contributed by atoms with Gasteiger partial charge in [-0.25, -0.2) is 8.78 Å². The monoisotopic (exact) mass is 332 g/mol. The van der Waals surface area contributed by atoms with Crippen LogP contribution in [-0.4, -0.2) is 5.97 Å². The number of benzene rings is 3. The van der Waals surface area contributed by atoms with Crippen molar-refractivity contribution in [2.45, 2.75) is 0 Å². The minimum absolute atomic E-state index is 0. The predicted molar refractivity (Wildman–Crippen MR) is 81.6 cm³/mol. The van der Waals surface area contributed by atoms with Gasteiger partial charge in [0.25, 0.3) is 0 Å². The maximum Gasteiger partial charge on any atom is 1.00 e. The summed E-state index contributed by atoms with van der Waals surface area (Å²) in [6.07, 6.45) is 0. The van der Waals surface area contributed by atoms with Crippen LogP contribution in [0.1, 0.15) is 10.4 Å². The van der Waals surface area contributed by atoms with E-state index in [9.17, 15) is 18.7 Å². The van der Waals surface area contributed by atoms with E-state index in [2.05, 4.69) is 0 Å². The van der Waals surface area contributed by atoms with E-state index in [0.717, 1.165) is 0 Å². The van der Waals surface area contributed by atoms with Gasteiger partial charge in [0.2, 0.25) is 0 Å². The van der Waals surface area contributed by atoms with E-state index in [0.29, 0.717) is 22.3 Å². The predicted octanol–water partition coefficient (Wildman–Crippen LogP) is 0.666. The molecular formula is C19H11F2NaO2. The number of rotatable bonds is 3. The molecule has 0 N–H and O–H groups in total. The Morgan fingerprint density at radius 1 is 0.708 bits per heavy atom. The van der Waals surface area contributed by atoms with Crippen LogP contribution in [0.3, 0.4) is 0 Å².